The van der Waals surface area contributed by atoms with E-state index in [2.05, 4.69) is 4.98 Å². The van der Waals surface area contributed by atoms with E-state index in [1.54, 1.807) is 25.1 Å². The summed E-state index contributed by atoms with van der Waals surface area (Å²) in [7, 11) is -8.33. The molecule has 0 radical (unpaired) electrons. The van der Waals surface area contributed by atoms with E-state index in [0.29, 0.717) is 40.6 Å². The fourth-order valence-electron chi connectivity index (χ4n) is 4.76. The first-order valence-electron chi connectivity index (χ1n) is 11.5. The lowest BCUT2D eigenvalue weighted by molar-refractivity contribution is -0.139. The lowest BCUT2D eigenvalue weighted by atomic mass is 9.87. The zero-order chi connectivity index (χ0) is 28.1. The molecule has 0 amide bonds. The summed E-state index contributed by atoms with van der Waals surface area (Å²) in [6.07, 6.45) is -3.73. The van der Waals surface area contributed by atoms with Crippen molar-refractivity contribution < 1.29 is 39.1 Å². The van der Waals surface area contributed by atoms with Crippen LogP contribution in [0.15, 0.2) is 64.5 Å². The minimum absolute atomic E-state index is 0.0279. The Hall–Kier alpha value is -2.83. The topological polar surface area (TPSA) is 90.4 Å². The molecule has 2 unspecified atom stereocenters. The van der Waals surface area contributed by atoms with Gasteiger partial charge >= 0.3 is 6.18 Å². The fraction of sp³-hybridized carbons (Fsp3) is 0.346. The molecular weight excluding hydrogens is 546 g/mol. The van der Waals surface area contributed by atoms with Gasteiger partial charge in [0.2, 0.25) is 0 Å². The van der Waals surface area contributed by atoms with Crippen LogP contribution in [-0.2, 0) is 30.6 Å². The van der Waals surface area contributed by atoms with Crippen molar-refractivity contribution in [2.75, 3.05) is 12.9 Å². The van der Waals surface area contributed by atoms with Crippen molar-refractivity contribution in [1.82, 2.24) is 4.98 Å². The number of hydrogen-bond acceptors (Lipinski definition) is 6. The summed E-state index contributed by atoms with van der Waals surface area (Å²) in [6.45, 7) is 2.87. The quantitative estimate of drug-likeness (QED) is 0.365. The van der Waals surface area contributed by atoms with E-state index >= 15 is 0 Å². The molecule has 1 saturated heterocycles. The van der Waals surface area contributed by atoms with Gasteiger partial charge in [0.25, 0.3) is 0 Å². The smallest absolute Gasteiger partial charge is 0.373 e. The third-order valence-electron chi connectivity index (χ3n) is 6.81. The second kappa shape index (κ2) is 9.73. The fourth-order valence-corrected chi connectivity index (χ4v) is 7.48. The Morgan fingerprint density at radius 3 is 2.37 bits per heavy atom. The molecule has 6 nitrogen and oxygen atoms in total. The van der Waals surface area contributed by atoms with Crippen LogP contribution < -0.4 is 0 Å². The molecule has 12 heteroatoms. The van der Waals surface area contributed by atoms with Gasteiger partial charge in [0.1, 0.15) is 5.82 Å². The normalized spacial score (nSPS) is 20.9. The Balaban J connectivity index is 1.86. The first kappa shape index (κ1) is 28.2. The molecule has 2 heterocycles. The molecule has 38 heavy (non-hydrogen) atoms. The van der Waals surface area contributed by atoms with Crippen LogP contribution in [0.2, 0.25) is 0 Å². The summed E-state index contributed by atoms with van der Waals surface area (Å²) in [5.41, 5.74) is 0.347. The van der Waals surface area contributed by atoms with Crippen LogP contribution in [0.25, 0.3) is 11.3 Å². The number of alkyl halides is 3. The molecule has 0 aliphatic carbocycles. The van der Waals surface area contributed by atoms with Gasteiger partial charge in [-0.05, 0) is 80.3 Å². The van der Waals surface area contributed by atoms with Gasteiger partial charge in [-0.15, -0.1) is 0 Å². The van der Waals surface area contributed by atoms with Gasteiger partial charge in [0.15, 0.2) is 19.7 Å². The van der Waals surface area contributed by atoms with Gasteiger partial charge in [-0.1, -0.05) is 6.07 Å². The van der Waals surface area contributed by atoms with E-state index in [4.69, 9.17) is 4.74 Å². The Labute approximate surface area is 218 Å². The van der Waals surface area contributed by atoms with Crippen LogP contribution in [0.1, 0.15) is 42.6 Å². The minimum atomic E-state index is -5.01. The molecule has 1 aliphatic heterocycles. The minimum Gasteiger partial charge on any atom is -0.373 e. The van der Waals surface area contributed by atoms with Crippen LogP contribution in [-0.4, -0.2) is 39.4 Å². The largest absolute Gasteiger partial charge is 0.417 e. The summed E-state index contributed by atoms with van der Waals surface area (Å²) in [5, 5.41) is 0. The third kappa shape index (κ3) is 5.21. The Morgan fingerprint density at radius 2 is 1.76 bits per heavy atom. The van der Waals surface area contributed by atoms with Crippen molar-refractivity contribution in [1.29, 1.82) is 0 Å². The van der Waals surface area contributed by atoms with Crippen LogP contribution in [0.3, 0.4) is 0 Å². The van der Waals surface area contributed by atoms with Crippen LogP contribution in [0, 0.1) is 12.7 Å². The van der Waals surface area contributed by atoms with Gasteiger partial charge in [0, 0.05) is 24.6 Å². The highest BCUT2D eigenvalue weighted by Gasteiger charge is 2.49. The standard InChI is InChI=1S/C26H25F4NO5S2/c1-16-12-18(37(3,32)33)14-19(21-6-4-5-10-31-21)24(16)22-15-25(2,9-11-36-22)38(34,35)23-13-17(27)7-8-20(23)26(28,29)30/h4-8,10,12-14,22H,9,11,15H2,1-3H3. The summed E-state index contributed by atoms with van der Waals surface area (Å²) < 4.78 is 111. The Kier molecular flexibility index (Phi) is 7.21. The third-order valence-corrected chi connectivity index (χ3v) is 10.5. The van der Waals surface area contributed by atoms with Crippen molar-refractivity contribution >= 4 is 19.7 Å². The van der Waals surface area contributed by atoms with E-state index < -0.39 is 53.0 Å². The molecule has 3 aromatic rings. The number of nitrogens with zero attached hydrogens (tertiary/aromatic N) is 1. The second-order valence-corrected chi connectivity index (χ2v) is 14.0. The molecule has 1 aromatic heterocycles. The Morgan fingerprint density at radius 1 is 1.05 bits per heavy atom. The predicted octanol–water partition coefficient (Wildman–Crippen LogP) is 5.70. The highest BCUT2D eigenvalue weighted by atomic mass is 32.2. The summed E-state index contributed by atoms with van der Waals surface area (Å²) in [6, 6.07) is 9.30. The molecule has 0 bridgehead atoms. The molecule has 2 aromatic carbocycles. The van der Waals surface area contributed by atoms with Crippen molar-refractivity contribution in [3.05, 3.63) is 77.2 Å². The second-order valence-electron chi connectivity index (χ2n) is 9.59. The number of ether oxygens (including phenoxy) is 1. The van der Waals surface area contributed by atoms with Gasteiger partial charge in [-0.2, -0.15) is 13.2 Å². The number of pyridine rings is 1. The van der Waals surface area contributed by atoms with Crippen LogP contribution in [0.5, 0.6) is 0 Å². The molecule has 0 saturated carbocycles. The molecule has 204 valence electrons. The lowest BCUT2D eigenvalue weighted by Gasteiger charge is -2.39. The van der Waals surface area contributed by atoms with Crippen molar-refractivity contribution in [3.8, 4) is 11.3 Å². The average molecular weight is 572 g/mol. The van der Waals surface area contributed by atoms with Crippen molar-refractivity contribution in [2.24, 2.45) is 0 Å². The number of halogens is 4. The molecular formula is C26H25F4NO5S2. The first-order valence-corrected chi connectivity index (χ1v) is 14.9. The van der Waals surface area contributed by atoms with E-state index in [0.717, 1.165) is 6.26 Å². The number of rotatable bonds is 5. The number of benzene rings is 2. The van der Waals surface area contributed by atoms with Gasteiger partial charge in [0.05, 0.1) is 31.9 Å². The SMILES string of the molecule is Cc1cc(S(C)(=O)=O)cc(-c2ccccn2)c1C1CC(C)(S(=O)(=O)c2cc(F)ccc2C(F)(F)F)CCO1. The number of aromatic nitrogens is 1. The van der Waals surface area contributed by atoms with Crippen molar-refractivity contribution in [3.63, 3.8) is 0 Å². The zero-order valence-electron chi connectivity index (χ0n) is 20.7. The maximum Gasteiger partial charge on any atom is 0.417 e. The number of sulfone groups is 2. The van der Waals surface area contributed by atoms with Crippen LogP contribution in [0.4, 0.5) is 17.6 Å². The molecule has 0 spiro atoms. The van der Waals surface area contributed by atoms with Crippen molar-refractivity contribution in [2.45, 2.75) is 53.5 Å². The molecule has 0 N–H and O–H groups in total. The van der Waals surface area contributed by atoms with E-state index in [1.807, 2.05) is 0 Å². The number of aryl methyl sites for hydroxylation is 1. The average Bonchev–Trinajstić information content (AvgIpc) is 2.82. The summed E-state index contributed by atoms with van der Waals surface area (Å²) >= 11 is 0. The van der Waals surface area contributed by atoms with Gasteiger partial charge < -0.3 is 4.74 Å². The molecule has 1 fully saturated rings. The maximum atomic E-state index is 14.0. The summed E-state index contributed by atoms with van der Waals surface area (Å²) in [5.74, 6) is -1.10. The van der Waals surface area contributed by atoms with E-state index in [9.17, 15) is 34.4 Å². The highest BCUT2D eigenvalue weighted by Crippen LogP contribution is 2.47. The monoisotopic (exact) mass is 571 g/mol. The highest BCUT2D eigenvalue weighted by molar-refractivity contribution is 7.93. The van der Waals surface area contributed by atoms with Gasteiger partial charge in [-0.25, -0.2) is 21.2 Å². The molecule has 2 atom stereocenters. The molecule has 4 rings (SSSR count). The molecule has 1 aliphatic rings. The maximum absolute atomic E-state index is 14.0. The van der Waals surface area contributed by atoms with E-state index in [1.165, 1.54) is 25.3 Å². The number of hydrogen-bond donors (Lipinski definition) is 0. The predicted molar refractivity (Wildman–Crippen MR) is 132 cm³/mol. The van der Waals surface area contributed by atoms with Crippen LogP contribution >= 0.6 is 0 Å². The summed E-state index contributed by atoms with van der Waals surface area (Å²) in [4.78, 5) is 3.22. The van der Waals surface area contributed by atoms with Gasteiger partial charge in [-0.3, -0.25) is 4.98 Å². The Bertz CT molecular complexity index is 1590. The lowest BCUT2D eigenvalue weighted by Crippen LogP contribution is -2.43. The first-order chi connectivity index (χ1) is 17.5. The van der Waals surface area contributed by atoms with E-state index in [-0.39, 0.29) is 24.3 Å². The zero-order valence-corrected chi connectivity index (χ0v) is 22.3.